The number of hydrogen-bond donors (Lipinski definition) is 1. The molecular formula is C15H20N2OS. The zero-order chi connectivity index (χ0) is 13.8. The maximum atomic E-state index is 12.2. The van der Waals surface area contributed by atoms with Gasteiger partial charge in [-0.3, -0.25) is 4.79 Å². The van der Waals surface area contributed by atoms with Gasteiger partial charge in [0.05, 0.1) is 11.7 Å². The number of hydrogen-bond acceptors (Lipinski definition) is 3. The number of nitrogens with one attached hydrogen (secondary N) is 1. The van der Waals surface area contributed by atoms with Crippen molar-refractivity contribution in [2.75, 3.05) is 0 Å². The van der Waals surface area contributed by atoms with E-state index in [2.05, 4.69) is 37.7 Å². The van der Waals surface area contributed by atoms with Crippen LogP contribution in [0, 0.1) is 11.8 Å². The summed E-state index contributed by atoms with van der Waals surface area (Å²) in [5.74, 6) is 1.07. The first kappa shape index (κ1) is 12.9. The molecule has 0 bridgehead atoms. The van der Waals surface area contributed by atoms with Crippen LogP contribution in [0.2, 0.25) is 0 Å². The first-order valence-corrected chi connectivity index (χ1v) is 7.79. The third-order valence-corrected chi connectivity index (χ3v) is 6.04. The predicted octanol–water partition coefficient (Wildman–Crippen LogP) is 3.48. The Morgan fingerprint density at radius 3 is 2.63 bits per heavy atom. The molecule has 3 rings (SSSR count). The van der Waals surface area contributed by atoms with Crippen molar-refractivity contribution in [3.05, 3.63) is 27.1 Å². The van der Waals surface area contributed by atoms with Crippen molar-refractivity contribution < 1.29 is 0 Å². The fourth-order valence-corrected chi connectivity index (χ4v) is 5.18. The van der Waals surface area contributed by atoms with E-state index < -0.39 is 0 Å². The average Bonchev–Trinajstić information content (AvgIpc) is 2.85. The zero-order valence-corrected chi connectivity index (χ0v) is 12.7. The Morgan fingerprint density at radius 1 is 1.32 bits per heavy atom. The summed E-state index contributed by atoms with van der Waals surface area (Å²) < 4.78 is 0. The van der Waals surface area contributed by atoms with Crippen molar-refractivity contribution in [2.45, 2.75) is 46.0 Å². The Balaban J connectivity index is 2.40. The fourth-order valence-electron chi connectivity index (χ4n) is 3.93. The summed E-state index contributed by atoms with van der Waals surface area (Å²) in [6.07, 6.45) is 3.77. The summed E-state index contributed by atoms with van der Waals surface area (Å²) in [6, 6.07) is 0. The number of fused-ring (bicyclic) bond motifs is 3. The van der Waals surface area contributed by atoms with Crippen molar-refractivity contribution in [3.8, 4) is 0 Å². The summed E-state index contributed by atoms with van der Waals surface area (Å²) in [4.78, 5) is 21.7. The van der Waals surface area contributed by atoms with E-state index in [1.165, 1.54) is 16.8 Å². The van der Waals surface area contributed by atoms with Gasteiger partial charge in [0, 0.05) is 10.3 Å². The van der Waals surface area contributed by atoms with Gasteiger partial charge in [-0.15, -0.1) is 11.3 Å². The second-order valence-electron chi connectivity index (χ2n) is 6.16. The fraction of sp³-hybridized carbons (Fsp3) is 0.600. The van der Waals surface area contributed by atoms with Crippen molar-refractivity contribution >= 4 is 21.6 Å². The van der Waals surface area contributed by atoms with Gasteiger partial charge >= 0.3 is 0 Å². The minimum absolute atomic E-state index is 0.0705. The molecule has 0 spiro atoms. The highest BCUT2D eigenvalue weighted by Crippen LogP contribution is 2.53. The quantitative estimate of drug-likeness (QED) is 0.912. The van der Waals surface area contributed by atoms with E-state index in [-0.39, 0.29) is 11.0 Å². The molecule has 0 unspecified atom stereocenters. The lowest BCUT2D eigenvalue weighted by Crippen LogP contribution is -2.36. The van der Waals surface area contributed by atoms with Crippen molar-refractivity contribution in [1.29, 1.82) is 0 Å². The Bertz CT molecular complexity index is 673. The molecule has 0 atom stereocenters. The number of aromatic nitrogens is 2. The van der Waals surface area contributed by atoms with E-state index in [0.717, 1.165) is 23.1 Å². The number of thiophene rings is 1. The van der Waals surface area contributed by atoms with Crippen LogP contribution in [0.25, 0.3) is 10.2 Å². The smallest absolute Gasteiger partial charge is 0.281 e. The van der Waals surface area contributed by atoms with Crippen molar-refractivity contribution in [1.82, 2.24) is 9.97 Å². The van der Waals surface area contributed by atoms with Crippen LogP contribution in [0.4, 0.5) is 0 Å². The highest BCUT2D eigenvalue weighted by Gasteiger charge is 2.46. The topological polar surface area (TPSA) is 45.8 Å². The molecule has 3 nitrogen and oxygen atoms in total. The lowest BCUT2D eigenvalue weighted by Gasteiger charge is -2.38. The molecule has 2 aromatic heterocycles. The van der Waals surface area contributed by atoms with Crippen LogP contribution in [0.15, 0.2) is 11.1 Å². The molecule has 1 N–H and O–H groups in total. The van der Waals surface area contributed by atoms with Crippen LogP contribution in [-0.4, -0.2) is 9.97 Å². The number of aryl methyl sites for hydroxylation is 1. The van der Waals surface area contributed by atoms with Crippen molar-refractivity contribution in [3.63, 3.8) is 0 Å². The van der Waals surface area contributed by atoms with Crippen LogP contribution in [0.1, 0.15) is 44.6 Å². The molecule has 1 aliphatic carbocycles. The van der Waals surface area contributed by atoms with Crippen LogP contribution >= 0.6 is 11.3 Å². The highest BCUT2D eigenvalue weighted by atomic mass is 32.1. The number of rotatable bonds is 2. The number of aromatic amines is 1. The Morgan fingerprint density at radius 2 is 2.00 bits per heavy atom. The van der Waals surface area contributed by atoms with E-state index in [1.807, 2.05) is 0 Å². The molecule has 1 aliphatic rings. The van der Waals surface area contributed by atoms with E-state index in [4.69, 9.17) is 0 Å². The summed E-state index contributed by atoms with van der Waals surface area (Å²) in [7, 11) is 0. The second kappa shape index (κ2) is 4.17. The van der Waals surface area contributed by atoms with Gasteiger partial charge in [0.25, 0.3) is 5.56 Å². The molecular weight excluding hydrogens is 256 g/mol. The molecule has 4 heteroatoms. The molecule has 2 heterocycles. The molecule has 102 valence electrons. The number of nitrogens with zero attached hydrogens (tertiary/aromatic N) is 1. The van der Waals surface area contributed by atoms with E-state index >= 15 is 0 Å². The second-order valence-corrected chi connectivity index (χ2v) is 7.27. The van der Waals surface area contributed by atoms with Crippen molar-refractivity contribution in [2.24, 2.45) is 11.8 Å². The van der Waals surface area contributed by atoms with Gasteiger partial charge in [0.15, 0.2) is 0 Å². The highest BCUT2D eigenvalue weighted by molar-refractivity contribution is 7.18. The maximum Gasteiger partial charge on any atom is 0.281 e. The van der Waals surface area contributed by atoms with Crippen LogP contribution < -0.4 is 5.56 Å². The third kappa shape index (κ3) is 1.55. The van der Waals surface area contributed by atoms with Gasteiger partial charge in [0.2, 0.25) is 0 Å². The molecule has 0 fully saturated rings. The Labute approximate surface area is 117 Å². The number of H-pyrrole nitrogens is 1. The summed E-state index contributed by atoms with van der Waals surface area (Å²) >= 11 is 1.74. The largest absolute Gasteiger partial charge is 0.337 e. The van der Waals surface area contributed by atoms with Crippen LogP contribution in [0.5, 0.6) is 0 Å². The third-order valence-electron chi connectivity index (χ3n) is 4.86. The lowest BCUT2D eigenvalue weighted by atomic mass is 9.65. The molecule has 0 saturated carbocycles. The molecule has 0 amide bonds. The van der Waals surface area contributed by atoms with Crippen LogP contribution in [-0.2, 0) is 11.8 Å². The lowest BCUT2D eigenvalue weighted by molar-refractivity contribution is 0.220. The Hall–Kier alpha value is -1.16. The predicted molar refractivity (Wildman–Crippen MR) is 79.9 cm³/mol. The summed E-state index contributed by atoms with van der Waals surface area (Å²) in [5.41, 5.74) is 1.36. The molecule has 0 radical (unpaired) electrons. The normalized spacial score (nSPS) is 17.6. The van der Waals surface area contributed by atoms with Crippen LogP contribution in [0.3, 0.4) is 0 Å². The Kier molecular flexibility index (Phi) is 2.82. The van der Waals surface area contributed by atoms with Gasteiger partial charge in [-0.2, -0.15) is 4.98 Å². The van der Waals surface area contributed by atoms with E-state index in [0.29, 0.717) is 11.8 Å². The zero-order valence-electron chi connectivity index (χ0n) is 11.9. The van der Waals surface area contributed by atoms with Gasteiger partial charge in [0.1, 0.15) is 4.83 Å². The SMILES string of the molecule is CC(C)C1(C(C)C)CCc2sc3[nH]cnc(=O)c3c21. The van der Waals surface area contributed by atoms with Gasteiger partial charge in [-0.05, 0) is 30.2 Å². The monoisotopic (exact) mass is 276 g/mol. The van der Waals surface area contributed by atoms with Gasteiger partial charge in [-0.1, -0.05) is 27.7 Å². The average molecular weight is 276 g/mol. The minimum atomic E-state index is -0.0705. The molecule has 19 heavy (non-hydrogen) atoms. The standard InChI is InChI=1S/C15H20N2OS/c1-8(2)15(9(3)4)6-5-10-12(15)11-13(18)16-7-17-14(11)19-10/h7-9H,5-6H2,1-4H3,(H,16,17,18). The van der Waals surface area contributed by atoms with E-state index in [9.17, 15) is 4.79 Å². The summed E-state index contributed by atoms with van der Waals surface area (Å²) in [5, 5.41) is 0.849. The molecule has 0 saturated heterocycles. The minimum Gasteiger partial charge on any atom is -0.337 e. The molecule has 2 aromatic rings. The first-order chi connectivity index (χ1) is 8.98. The van der Waals surface area contributed by atoms with Gasteiger partial charge < -0.3 is 4.98 Å². The molecule has 0 aliphatic heterocycles. The van der Waals surface area contributed by atoms with Gasteiger partial charge in [-0.25, -0.2) is 0 Å². The summed E-state index contributed by atoms with van der Waals surface area (Å²) in [6.45, 7) is 9.12. The molecule has 0 aromatic carbocycles. The maximum absolute atomic E-state index is 12.2. The van der Waals surface area contributed by atoms with E-state index in [1.54, 1.807) is 11.3 Å². The first-order valence-electron chi connectivity index (χ1n) is 6.98.